The van der Waals surface area contributed by atoms with Gasteiger partial charge in [-0.05, 0) is 54.8 Å². The molecule has 0 saturated heterocycles. The van der Waals surface area contributed by atoms with Crippen molar-refractivity contribution in [2.45, 2.75) is 20.3 Å². The van der Waals surface area contributed by atoms with Gasteiger partial charge in [0, 0.05) is 11.4 Å². The van der Waals surface area contributed by atoms with Gasteiger partial charge in [0.15, 0.2) is 0 Å². The number of phenols is 1. The van der Waals surface area contributed by atoms with Crippen LogP contribution in [0, 0.1) is 0 Å². The largest absolute Gasteiger partial charge is 0.508 e. The Morgan fingerprint density at radius 3 is 2.30 bits per heavy atom. The molecular weight excluding hydrogens is 246 g/mol. The van der Waals surface area contributed by atoms with Gasteiger partial charge in [0.05, 0.1) is 0 Å². The van der Waals surface area contributed by atoms with E-state index < -0.39 is 0 Å². The minimum absolute atomic E-state index is 0.278. The minimum Gasteiger partial charge on any atom is -0.508 e. The predicted octanol–water partition coefficient (Wildman–Crippen LogP) is 4.65. The zero-order valence-electron chi connectivity index (χ0n) is 11.9. The molecule has 2 aromatic rings. The molecule has 1 N–H and O–H groups in total. The van der Waals surface area contributed by atoms with Crippen LogP contribution in [0.25, 0.3) is 6.08 Å². The Hall–Kier alpha value is -2.35. The van der Waals surface area contributed by atoms with Crippen LogP contribution in [0.15, 0.2) is 65.3 Å². The lowest BCUT2D eigenvalue weighted by atomic mass is 10.1. The molecule has 0 amide bonds. The lowest BCUT2D eigenvalue weighted by Gasteiger charge is -2.05. The topological polar surface area (TPSA) is 32.6 Å². The quantitative estimate of drug-likeness (QED) is 0.802. The second-order valence-electron chi connectivity index (χ2n) is 4.66. The number of aromatic hydroxyl groups is 1. The highest BCUT2D eigenvalue weighted by Crippen LogP contribution is 2.14. The molecule has 0 spiro atoms. The van der Waals surface area contributed by atoms with Crippen LogP contribution in [-0.4, -0.2) is 10.8 Å². The Morgan fingerprint density at radius 1 is 1.05 bits per heavy atom. The Balaban J connectivity index is 2.26. The molecule has 2 rings (SSSR count). The predicted molar refractivity (Wildman–Crippen MR) is 85.0 cm³/mol. The van der Waals surface area contributed by atoms with E-state index >= 15 is 0 Å². The van der Waals surface area contributed by atoms with Crippen molar-refractivity contribution in [2.75, 3.05) is 0 Å². The molecule has 0 fully saturated rings. The molecule has 0 aliphatic carbocycles. The van der Waals surface area contributed by atoms with Crippen LogP contribution >= 0.6 is 0 Å². The summed E-state index contributed by atoms with van der Waals surface area (Å²) in [7, 11) is 0. The maximum Gasteiger partial charge on any atom is 0.115 e. The molecule has 20 heavy (non-hydrogen) atoms. The van der Waals surface area contributed by atoms with E-state index in [1.807, 2.05) is 37.3 Å². The molecule has 0 aromatic heterocycles. The van der Waals surface area contributed by atoms with Crippen LogP contribution in [0.5, 0.6) is 5.75 Å². The summed E-state index contributed by atoms with van der Waals surface area (Å²) < 4.78 is 0. The van der Waals surface area contributed by atoms with Crippen LogP contribution in [0.3, 0.4) is 0 Å². The van der Waals surface area contributed by atoms with Gasteiger partial charge in [0.2, 0.25) is 0 Å². The van der Waals surface area contributed by atoms with Gasteiger partial charge >= 0.3 is 0 Å². The molecule has 0 atom stereocenters. The van der Waals surface area contributed by atoms with Gasteiger partial charge in [0.25, 0.3) is 0 Å². The highest BCUT2D eigenvalue weighted by molar-refractivity contribution is 6.01. The Labute approximate surface area is 120 Å². The number of aliphatic imine (C=N–C) groups is 1. The van der Waals surface area contributed by atoms with Gasteiger partial charge in [-0.2, -0.15) is 0 Å². The van der Waals surface area contributed by atoms with Crippen molar-refractivity contribution < 1.29 is 5.11 Å². The van der Waals surface area contributed by atoms with E-state index in [0.29, 0.717) is 0 Å². The first kappa shape index (κ1) is 14.1. The number of phenolic OH excluding ortho intramolecular Hbond substituents is 1. The summed E-state index contributed by atoms with van der Waals surface area (Å²) in [4.78, 5) is 4.69. The van der Waals surface area contributed by atoms with Crippen molar-refractivity contribution >= 4 is 11.8 Å². The standard InChI is InChI=1S/C18H19NO/c1-3-18(16-9-11-17(20)12-10-16)19-14(2)13-15-7-5-4-6-8-15/h4-13,20H,3H2,1-2H3/b14-13-,19-18?. The Bertz CT molecular complexity index is 610. The van der Waals surface area contributed by atoms with Crippen LogP contribution < -0.4 is 0 Å². The monoisotopic (exact) mass is 265 g/mol. The molecule has 0 bridgehead atoms. The molecule has 0 saturated carbocycles. The molecule has 2 aromatic carbocycles. The van der Waals surface area contributed by atoms with E-state index in [2.05, 4.69) is 30.1 Å². The van der Waals surface area contributed by atoms with Crippen LogP contribution in [0.2, 0.25) is 0 Å². The number of rotatable bonds is 4. The molecule has 0 aliphatic heterocycles. The van der Waals surface area contributed by atoms with Crippen molar-refractivity contribution in [1.82, 2.24) is 0 Å². The van der Waals surface area contributed by atoms with Gasteiger partial charge in [-0.25, -0.2) is 0 Å². The Morgan fingerprint density at radius 2 is 1.70 bits per heavy atom. The third-order valence-corrected chi connectivity index (χ3v) is 3.02. The molecule has 102 valence electrons. The third-order valence-electron chi connectivity index (χ3n) is 3.02. The number of allylic oxidation sites excluding steroid dienone is 1. The second kappa shape index (κ2) is 6.71. The summed E-state index contributed by atoms with van der Waals surface area (Å²) in [5, 5.41) is 9.34. The van der Waals surface area contributed by atoms with Crippen LogP contribution in [0.1, 0.15) is 31.4 Å². The van der Waals surface area contributed by atoms with E-state index in [1.165, 1.54) is 0 Å². The summed E-state index contributed by atoms with van der Waals surface area (Å²) in [5.74, 6) is 0.278. The van der Waals surface area contributed by atoms with Crippen LogP contribution in [0.4, 0.5) is 0 Å². The zero-order valence-corrected chi connectivity index (χ0v) is 11.9. The fraction of sp³-hybridized carbons (Fsp3) is 0.167. The van der Waals surface area contributed by atoms with Crippen molar-refractivity contribution in [2.24, 2.45) is 4.99 Å². The van der Waals surface area contributed by atoms with Crippen molar-refractivity contribution in [3.05, 3.63) is 71.4 Å². The highest BCUT2D eigenvalue weighted by Gasteiger charge is 2.01. The fourth-order valence-electron chi connectivity index (χ4n) is 2.04. The molecule has 2 heteroatoms. The fourth-order valence-corrected chi connectivity index (χ4v) is 2.04. The molecule has 0 unspecified atom stereocenters. The van der Waals surface area contributed by atoms with Gasteiger partial charge < -0.3 is 5.11 Å². The van der Waals surface area contributed by atoms with Gasteiger partial charge in [-0.3, -0.25) is 4.99 Å². The number of hydrogen-bond acceptors (Lipinski definition) is 2. The SMILES string of the molecule is CCC(=N/C(C)=C\c1ccccc1)c1ccc(O)cc1. The molecule has 2 nitrogen and oxygen atoms in total. The third kappa shape index (κ3) is 3.82. The van der Waals surface area contributed by atoms with E-state index in [-0.39, 0.29) is 5.75 Å². The van der Waals surface area contributed by atoms with E-state index in [1.54, 1.807) is 12.1 Å². The van der Waals surface area contributed by atoms with Gasteiger partial charge in [0.1, 0.15) is 5.75 Å². The smallest absolute Gasteiger partial charge is 0.115 e. The van der Waals surface area contributed by atoms with Crippen LogP contribution in [-0.2, 0) is 0 Å². The van der Waals surface area contributed by atoms with Gasteiger partial charge in [-0.1, -0.05) is 37.3 Å². The lowest BCUT2D eigenvalue weighted by Crippen LogP contribution is -1.98. The summed E-state index contributed by atoms with van der Waals surface area (Å²) in [5.41, 5.74) is 4.19. The van der Waals surface area contributed by atoms with E-state index in [4.69, 9.17) is 0 Å². The molecule has 0 radical (unpaired) electrons. The first-order valence-corrected chi connectivity index (χ1v) is 6.79. The Kier molecular flexibility index (Phi) is 4.72. The number of benzene rings is 2. The normalized spacial score (nSPS) is 12.5. The molecule has 0 aliphatic rings. The highest BCUT2D eigenvalue weighted by atomic mass is 16.3. The zero-order chi connectivity index (χ0) is 14.4. The second-order valence-corrected chi connectivity index (χ2v) is 4.66. The average Bonchev–Trinajstić information content (AvgIpc) is 2.47. The van der Waals surface area contributed by atoms with Crippen molar-refractivity contribution in [3.8, 4) is 5.75 Å². The molecule has 0 heterocycles. The molecular formula is C18H19NO. The maximum atomic E-state index is 9.34. The van der Waals surface area contributed by atoms with Crippen molar-refractivity contribution in [1.29, 1.82) is 0 Å². The number of hydrogen-bond donors (Lipinski definition) is 1. The van der Waals surface area contributed by atoms with Crippen molar-refractivity contribution in [3.63, 3.8) is 0 Å². The van der Waals surface area contributed by atoms with E-state index in [0.717, 1.165) is 29.0 Å². The summed E-state index contributed by atoms with van der Waals surface area (Å²) in [6.07, 6.45) is 2.92. The first-order valence-electron chi connectivity index (χ1n) is 6.79. The summed E-state index contributed by atoms with van der Waals surface area (Å²) in [6.45, 7) is 4.09. The minimum atomic E-state index is 0.278. The summed E-state index contributed by atoms with van der Waals surface area (Å²) >= 11 is 0. The maximum absolute atomic E-state index is 9.34. The lowest BCUT2D eigenvalue weighted by molar-refractivity contribution is 0.475. The number of nitrogens with zero attached hydrogens (tertiary/aromatic N) is 1. The average molecular weight is 265 g/mol. The van der Waals surface area contributed by atoms with Gasteiger partial charge in [-0.15, -0.1) is 0 Å². The van der Waals surface area contributed by atoms with E-state index in [9.17, 15) is 5.11 Å². The first-order chi connectivity index (χ1) is 9.69. The summed E-state index contributed by atoms with van der Waals surface area (Å²) in [6, 6.07) is 17.3.